The van der Waals surface area contributed by atoms with Gasteiger partial charge in [-0.2, -0.15) is 4.80 Å². The number of benzene rings is 1. The van der Waals surface area contributed by atoms with E-state index in [0.29, 0.717) is 13.0 Å². The van der Waals surface area contributed by atoms with Crippen molar-refractivity contribution in [2.24, 2.45) is 11.8 Å². The monoisotopic (exact) mass is 394 g/mol. The maximum atomic E-state index is 12.5. The van der Waals surface area contributed by atoms with Gasteiger partial charge in [-0.1, -0.05) is 18.2 Å². The summed E-state index contributed by atoms with van der Waals surface area (Å²) in [6, 6.07) is 7.91. The number of nitrogens with one attached hydrogen (secondary N) is 2. The number of amides is 1. The van der Waals surface area contributed by atoms with E-state index in [-0.39, 0.29) is 17.0 Å². The molecule has 29 heavy (non-hydrogen) atoms. The van der Waals surface area contributed by atoms with E-state index in [0.717, 1.165) is 48.2 Å². The Hall–Kier alpha value is -2.28. The Kier molecular flexibility index (Phi) is 4.46. The molecular weight excluding hydrogens is 364 g/mol. The molecule has 0 aliphatic heterocycles. The van der Waals surface area contributed by atoms with Gasteiger partial charge in [0.25, 0.3) is 0 Å². The zero-order valence-electron chi connectivity index (χ0n) is 17.3. The average Bonchev–Trinajstić information content (AvgIpc) is 3.10. The number of rotatable bonds is 6. The molecule has 1 aromatic carbocycles. The fraction of sp³-hybridized carbons (Fsp3) is 0.636. The minimum atomic E-state index is 0.00174. The normalized spacial score (nSPS) is 32.5. The molecule has 4 bridgehead atoms. The highest BCUT2D eigenvalue weighted by molar-refractivity contribution is 5.91. The minimum Gasteiger partial charge on any atom is -0.326 e. The molecule has 4 fully saturated rings. The van der Waals surface area contributed by atoms with Gasteiger partial charge in [0.05, 0.1) is 5.54 Å². The lowest BCUT2D eigenvalue weighted by molar-refractivity contribution is -0.116. The second-order valence-electron chi connectivity index (χ2n) is 9.63. The number of aromatic nitrogens is 4. The number of nitrogens with zero attached hydrogens (tertiary/aromatic N) is 4. The third-order valence-corrected chi connectivity index (χ3v) is 7.24. The first-order valence-corrected chi connectivity index (χ1v) is 10.8. The number of carbonyl (C=O) groups excluding carboxylic acids is 1. The summed E-state index contributed by atoms with van der Waals surface area (Å²) in [5.41, 5.74) is 2.10. The van der Waals surface area contributed by atoms with E-state index in [2.05, 4.69) is 26.0 Å². The molecule has 0 saturated heterocycles. The van der Waals surface area contributed by atoms with Crippen molar-refractivity contribution in [2.75, 3.05) is 11.9 Å². The SMILES string of the molecule is Cc1nnn(C23CC4CC(CC(NCCC(=O)Nc5ccccc5C)(C4)C2)C3)n1. The Balaban J connectivity index is 1.24. The van der Waals surface area contributed by atoms with Crippen LogP contribution >= 0.6 is 0 Å². The molecule has 0 spiro atoms. The van der Waals surface area contributed by atoms with E-state index in [4.69, 9.17) is 0 Å². The fourth-order valence-electron chi connectivity index (χ4n) is 6.51. The van der Waals surface area contributed by atoms with Gasteiger partial charge in [-0.05, 0) is 81.1 Å². The minimum absolute atomic E-state index is 0.00174. The van der Waals surface area contributed by atoms with Gasteiger partial charge in [0, 0.05) is 24.2 Å². The second kappa shape index (κ2) is 6.90. The molecule has 2 atom stereocenters. The first kappa shape index (κ1) is 18.7. The molecule has 2 unspecified atom stereocenters. The molecule has 2 aromatic rings. The Morgan fingerprint density at radius 2 is 1.93 bits per heavy atom. The van der Waals surface area contributed by atoms with E-state index in [1.165, 1.54) is 19.3 Å². The van der Waals surface area contributed by atoms with Crippen LogP contribution in [0.5, 0.6) is 0 Å². The van der Waals surface area contributed by atoms with Crippen LogP contribution in [0.3, 0.4) is 0 Å². The molecule has 6 rings (SSSR count). The van der Waals surface area contributed by atoms with Crippen molar-refractivity contribution < 1.29 is 4.79 Å². The second-order valence-corrected chi connectivity index (χ2v) is 9.63. The summed E-state index contributed by atoms with van der Waals surface area (Å²) < 4.78 is 0. The van der Waals surface area contributed by atoms with Crippen LogP contribution in [0, 0.1) is 25.7 Å². The number of aryl methyl sites for hydroxylation is 2. The summed E-state index contributed by atoms with van der Waals surface area (Å²) >= 11 is 0. The van der Waals surface area contributed by atoms with E-state index in [9.17, 15) is 4.79 Å². The number of tetrazole rings is 1. The molecule has 4 saturated carbocycles. The van der Waals surface area contributed by atoms with Crippen LogP contribution in [0.25, 0.3) is 0 Å². The van der Waals surface area contributed by atoms with Crippen LogP contribution in [0.4, 0.5) is 5.69 Å². The van der Waals surface area contributed by atoms with E-state index < -0.39 is 0 Å². The maximum absolute atomic E-state index is 12.5. The third-order valence-electron chi connectivity index (χ3n) is 7.24. The number of hydrogen-bond acceptors (Lipinski definition) is 5. The third kappa shape index (κ3) is 3.45. The Labute approximate surface area is 171 Å². The van der Waals surface area contributed by atoms with Gasteiger partial charge in [-0.3, -0.25) is 4.79 Å². The van der Waals surface area contributed by atoms with Crippen LogP contribution in [0.2, 0.25) is 0 Å². The van der Waals surface area contributed by atoms with Gasteiger partial charge in [0.2, 0.25) is 5.91 Å². The molecule has 7 nitrogen and oxygen atoms in total. The zero-order chi connectivity index (χ0) is 20.1. The lowest BCUT2D eigenvalue weighted by Gasteiger charge is -2.61. The highest BCUT2D eigenvalue weighted by Crippen LogP contribution is 2.60. The van der Waals surface area contributed by atoms with E-state index >= 15 is 0 Å². The van der Waals surface area contributed by atoms with Crippen molar-refractivity contribution in [2.45, 2.75) is 69.9 Å². The van der Waals surface area contributed by atoms with Crippen LogP contribution in [-0.4, -0.2) is 38.2 Å². The van der Waals surface area contributed by atoms with Gasteiger partial charge in [-0.25, -0.2) is 0 Å². The Bertz CT molecular complexity index is 908. The van der Waals surface area contributed by atoms with E-state index in [1.807, 2.05) is 42.9 Å². The Morgan fingerprint density at radius 3 is 2.62 bits per heavy atom. The number of hydrogen-bond donors (Lipinski definition) is 2. The highest BCUT2D eigenvalue weighted by Gasteiger charge is 2.59. The fourth-order valence-corrected chi connectivity index (χ4v) is 6.51. The molecule has 2 N–H and O–H groups in total. The molecule has 1 amide bonds. The number of anilines is 1. The largest absolute Gasteiger partial charge is 0.326 e. The van der Waals surface area contributed by atoms with Gasteiger partial charge < -0.3 is 10.6 Å². The molecule has 1 heterocycles. The van der Waals surface area contributed by atoms with Crippen molar-refractivity contribution in [3.63, 3.8) is 0 Å². The predicted molar refractivity (Wildman–Crippen MR) is 110 cm³/mol. The number of carbonyl (C=O) groups is 1. The summed E-state index contributed by atoms with van der Waals surface area (Å²) in [5.74, 6) is 2.25. The van der Waals surface area contributed by atoms with Gasteiger partial charge in [0.15, 0.2) is 5.82 Å². The van der Waals surface area contributed by atoms with Crippen LogP contribution in [0.15, 0.2) is 24.3 Å². The standard InChI is InChI=1S/C22H30N6O/c1-15-5-3-4-6-19(15)24-20(29)7-8-23-21-10-17-9-18(11-21)13-22(12-17,14-21)28-26-16(2)25-27-28/h3-6,17-18,23H,7-14H2,1-2H3,(H,24,29). The lowest BCUT2D eigenvalue weighted by Crippen LogP contribution is -2.65. The van der Waals surface area contributed by atoms with Gasteiger partial charge in [0.1, 0.15) is 0 Å². The average molecular weight is 395 g/mol. The quantitative estimate of drug-likeness (QED) is 0.787. The first-order valence-electron chi connectivity index (χ1n) is 10.8. The predicted octanol–water partition coefficient (Wildman–Crippen LogP) is 2.96. The molecule has 4 aliphatic carbocycles. The number of para-hydroxylation sites is 1. The van der Waals surface area contributed by atoms with E-state index in [1.54, 1.807) is 0 Å². The van der Waals surface area contributed by atoms with Crippen molar-refractivity contribution in [3.8, 4) is 0 Å². The van der Waals surface area contributed by atoms with Crippen molar-refractivity contribution in [3.05, 3.63) is 35.7 Å². The first-order chi connectivity index (χ1) is 14.0. The summed E-state index contributed by atoms with van der Waals surface area (Å²) in [6.07, 6.45) is 7.59. The lowest BCUT2D eigenvalue weighted by atomic mass is 9.50. The van der Waals surface area contributed by atoms with Crippen LogP contribution in [-0.2, 0) is 10.3 Å². The maximum Gasteiger partial charge on any atom is 0.225 e. The topological polar surface area (TPSA) is 84.7 Å². The highest BCUT2D eigenvalue weighted by atomic mass is 16.1. The van der Waals surface area contributed by atoms with Crippen LogP contribution < -0.4 is 10.6 Å². The smallest absolute Gasteiger partial charge is 0.225 e. The molecule has 7 heteroatoms. The van der Waals surface area contributed by atoms with Crippen molar-refractivity contribution in [1.82, 2.24) is 25.5 Å². The summed E-state index contributed by atoms with van der Waals surface area (Å²) in [4.78, 5) is 14.4. The molecule has 0 radical (unpaired) electrons. The van der Waals surface area contributed by atoms with Gasteiger partial charge >= 0.3 is 0 Å². The molecule has 4 aliphatic rings. The summed E-state index contributed by atoms with van der Waals surface area (Å²) in [6.45, 7) is 4.63. The molecular formula is C22H30N6O. The van der Waals surface area contributed by atoms with Gasteiger partial charge in [-0.15, -0.1) is 10.2 Å². The summed E-state index contributed by atoms with van der Waals surface area (Å²) in [7, 11) is 0. The van der Waals surface area contributed by atoms with Crippen molar-refractivity contribution in [1.29, 1.82) is 0 Å². The summed E-state index contributed by atoms with van der Waals surface area (Å²) in [5, 5.41) is 20.0. The zero-order valence-corrected chi connectivity index (χ0v) is 17.3. The van der Waals surface area contributed by atoms with Crippen LogP contribution in [0.1, 0.15) is 56.3 Å². The Morgan fingerprint density at radius 1 is 1.17 bits per heavy atom. The van der Waals surface area contributed by atoms with Crippen molar-refractivity contribution >= 4 is 11.6 Å². The molecule has 154 valence electrons. The molecule has 1 aromatic heterocycles.